The van der Waals surface area contributed by atoms with Gasteiger partial charge in [-0.2, -0.15) is 12.7 Å². The van der Waals surface area contributed by atoms with Gasteiger partial charge in [-0.25, -0.2) is 4.72 Å². The second-order valence-electron chi connectivity index (χ2n) is 4.16. The van der Waals surface area contributed by atoms with E-state index in [1.54, 1.807) is 6.07 Å². The van der Waals surface area contributed by atoms with Crippen LogP contribution in [0.4, 0.5) is 0 Å². The largest absolute Gasteiger partial charge is 0.456 e. The van der Waals surface area contributed by atoms with Crippen molar-refractivity contribution in [2.75, 3.05) is 13.1 Å². The van der Waals surface area contributed by atoms with Crippen LogP contribution in [0.25, 0.3) is 0 Å². The molecule has 18 heavy (non-hydrogen) atoms. The number of furan rings is 1. The first-order chi connectivity index (χ1) is 8.53. The fourth-order valence-corrected chi connectivity index (χ4v) is 3.05. The lowest BCUT2D eigenvalue weighted by atomic mass is 10.3. The molecule has 1 aliphatic rings. The normalized spacial score (nSPS) is 16.9. The van der Waals surface area contributed by atoms with E-state index in [-0.39, 0.29) is 5.76 Å². The SMILES string of the molecule is CCc1ccc(C(=O)NS(=O)(=O)N2CCCC2)o1. The molecule has 0 saturated carbocycles. The van der Waals surface area contributed by atoms with Crippen molar-refractivity contribution in [2.45, 2.75) is 26.2 Å². The molecule has 1 amide bonds. The van der Waals surface area contributed by atoms with Crippen molar-refractivity contribution in [3.63, 3.8) is 0 Å². The number of aryl methyl sites for hydroxylation is 1. The molecule has 0 aliphatic carbocycles. The fourth-order valence-electron chi connectivity index (χ4n) is 1.85. The molecule has 0 atom stereocenters. The number of amides is 1. The first-order valence-electron chi connectivity index (χ1n) is 5.94. The monoisotopic (exact) mass is 272 g/mol. The molecule has 0 unspecified atom stereocenters. The van der Waals surface area contributed by atoms with E-state index >= 15 is 0 Å². The average molecular weight is 272 g/mol. The maximum absolute atomic E-state index is 11.8. The van der Waals surface area contributed by atoms with Gasteiger partial charge in [0.1, 0.15) is 5.76 Å². The Labute approximate surface area is 106 Å². The van der Waals surface area contributed by atoms with Crippen LogP contribution in [-0.2, 0) is 16.6 Å². The molecule has 7 heteroatoms. The number of hydrogen-bond donors (Lipinski definition) is 1. The van der Waals surface area contributed by atoms with Crippen molar-refractivity contribution < 1.29 is 17.6 Å². The Morgan fingerprint density at radius 3 is 2.61 bits per heavy atom. The van der Waals surface area contributed by atoms with Crippen LogP contribution < -0.4 is 4.72 Å². The Balaban J connectivity index is 2.06. The molecule has 6 nitrogen and oxygen atoms in total. The van der Waals surface area contributed by atoms with Crippen molar-refractivity contribution in [3.05, 3.63) is 23.7 Å². The van der Waals surface area contributed by atoms with Crippen molar-refractivity contribution in [3.8, 4) is 0 Å². The van der Waals surface area contributed by atoms with Gasteiger partial charge in [-0.3, -0.25) is 4.79 Å². The van der Waals surface area contributed by atoms with Crippen LogP contribution in [0.1, 0.15) is 36.1 Å². The summed E-state index contributed by atoms with van der Waals surface area (Å²) in [6.07, 6.45) is 2.32. The number of hydrogen-bond acceptors (Lipinski definition) is 4. The zero-order chi connectivity index (χ0) is 13.2. The quantitative estimate of drug-likeness (QED) is 0.883. The summed E-state index contributed by atoms with van der Waals surface area (Å²) < 4.78 is 32.2. The molecule has 1 aliphatic heterocycles. The van der Waals surface area contributed by atoms with Gasteiger partial charge in [0.25, 0.3) is 0 Å². The Hall–Kier alpha value is -1.34. The van der Waals surface area contributed by atoms with Gasteiger partial charge in [0, 0.05) is 19.5 Å². The summed E-state index contributed by atoms with van der Waals surface area (Å²) in [6, 6.07) is 3.14. The maximum Gasteiger partial charge on any atom is 0.304 e. The number of nitrogens with one attached hydrogen (secondary N) is 1. The lowest BCUT2D eigenvalue weighted by molar-refractivity contribution is 0.0950. The summed E-state index contributed by atoms with van der Waals surface area (Å²) in [5.74, 6) is -0.0463. The van der Waals surface area contributed by atoms with E-state index in [1.807, 2.05) is 11.6 Å². The molecule has 1 aromatic heterocycles. The molecule has 2 heterocycles. The summed E-state index contributed by atoms with van der Waals surface area (Å²) in [5, 5.41) is 0. The number of nitrogens with zero attached hydrogens (tertiary/aromatic N) is 1. The van der Waals surface area contributed by atoms with E-state index in [1.165, 1.54) is 10.4 Å². The molecule has 0 spiro atoms. The highest BCUT2D eigenvalue weighted by Crippen LogP contribution is 2.13. The van der Waals surface area contributed by atoms with Gasteiger partial charge >= 0.3 is 16.1 Å². The summed E-state index contributed by atoms with van der Waals surface area (Å²) in [5.41, 5.74) is 0. The Bertz CT molecular complexity index is 529. The molecular weight excluding hydrogens is 256 g/mol. The topological polar surface area (TPSA) is 79.6 Å². The second kappa shape index (κ2) is 5.11. The summed E-state index contributed by atoms with van der Waals surface area (Å²) in [6.45, 7) is 2.81. The highest BCUT2D eigenvalue weighted by Gasteiger charge is 2.28. The number of carbonyl (C=O) groups excluding carboxylic acids is 1. The van der Waals surface area contributed by atoms with Crippen molar-refractivity contribution in [1.82, 2.24) is 9.03 Å². The Morgan fingerprint density at radius 2 is 2.06 bits per heavy atom. The first-order valence-corrected chi connectivity index (χ1v) is 7.38. The van der Waals surface area contributed by atoms with Crippen LogP contribution in [0.15, 0.2) is 16.5 Å². The number of rotatable bonds is 4. The standard InChI is InChI=1S/C11H16N2O4S/c1-2-9-5-6-10(17-9)11(14)12-18(15,16)13-7-3-4-8-13/h5-6H,2-4,7-8H2,1H3,(H,12,14). The van der Waals surface area contributed by atoms with Gasteiger partial charge in [0.2, 0.25) is 0 Å². The zero-order valence-electron chi connectivity index (χ0n) is 10.2. The third kappa shape index (κ3) is 2.73. The lowest BCUT2D eigenvalue weighted by Gasteiger charge is -2.15. The lowest BCUT2D eigenvalue weighted by Crippen LogP contribution is -2.41. The van der Waals surface area contributed by atoms with Crippen LogP contribution >= 0.6 is 0 Å². The Kier molecular flexibility index (Phi) is 3.72. The average Bonchev–Trinajstić information content (AvgIpc) is 3.00. The van der Waals surface area contributed by atoms with E-state index in [2.05, 4.69) is 0 Å². The van der Waals surface area contributed by atoms with E-state index in [0.717, 1.165) is 12.8 Å². The molecule has 2 rings (SSSR count). The molecule has 0 bridgehead atoms. The highest BCUT2D eigenvalue weighted by atomic mass is 32.2. The minimum absolute atomic E-state index is 0.0228. The summed E-state index contributed by atoms with van der Waals surface area (Å²) in [4.78, 5) is 11.7. The third-order valence-electron chi connectivity index (χ3n) is 2.86. The molecule has 1 saturated heterocycles. The van der Waals surface area contributed by atoms with E-state index in [4.69, 9.17) is 4.42 Å². The smallest absolute Gasteiger partial charge is 0.304 e. The Morgan fingerprint density at radius 1 is 1.39 bits per heavy atom. The van der Waals surface area contributed by atoms with Gasteiger partial charge in [-0.15, -0.1) is 0 Å². The fraction of sp³-hybridized carbons (Fsp3) is 0.545. The van der Waals surface area contributed by atoms with Crippen LogP contribution in [0, 0.1) is 0 Å². The molecule has 1 fully saturated rings. The van der Waals surface area contributed by atoms with Crippen molar-refractivity contribution in [1.29, 1.82) is 0 Å². The molecule has 0 radical (unpaired) electrons. The predicted octanol–water partition coefficient (Wildman–Crippen LogP) is 0.912. The van der Waals surface area contributed by atoms with Crippen molar-refractivity contribution >= 4 is 16.1 Å². The van der Waals surface area contributed by atoms with Crippen molar-refractivity contribution in [2.24, 2.45) is 0 Å². The number of carbonyl (C=O) groups is 1. The third-order valence-corrected chi connectivity index (χ3v) is 4.35. The predicted molar refractivity (Wildman–Crippen MR) is 65.3 cm³/mol. The highest BCUT2D eigenvalue weighted by molar-refractivity contribution is 7.87. The molecule has 1 aromatic rings. The molecule has 0 aromatic carbocycles. The van der Waals surface area contributed by atoms with E-state index in [0.29, 0.717) is 25.3 Å². The zero-order valence-corrected chi connectivity index (χ0v) is 11.0. The minimum atomic E-state index is -3.73. The van der Waals surface area contributed by atoms with Crippen LogP contribution in [0.5, 0.6) is 0 Å². The minimum Gasteiger partial charge on any atom is -0.456 e. The molecule has 1 N–H and O–H groups in total. The summed E-state index contributed by atoms with van der Waals surface area (Å²) >= 11 is 0. The van der Waals surface area contributed by atoms with Crippen LogP contribution in [-0.4, -0.2) is 31.7 Å². The molecule has 100 valence electrons. The van der Waals surface area contributed by atoms with Gasteiger partial charge in [-0.05, 0) is 25.0 Å². The first kappa shape index (κ1) is 13.1. The van der Waals surface area contributed by atoms with Crippen LogP contribution in [0.2, 0.25) is 0 Å². The summed E-state index contributed by atoms with van der Waals surface area (Å²) in [7, 11) is -3.73. The van der Waals surface area contributed by atoms with Gasteiger partial charge in [0.05, 0.1) is 0 Å². The molecular formula is C11H16N2O4S. The van der Waals surface area contributed by atoms with E-state index < -0.39 is 16.1 Å². The van der Waals surface area contributed by atoms with Gasteiger partial charge in [0.15, 0.2) is 5.76 Å². The van der Waals surface area contributed by atoms with Gasteiger partial charge < -0.3 is 4.42 Å². The van der Waals surface area contributed by atoms with E-state index in [9.17, 15) is 13.2 Å². The van der Waals surface area contributed by atoms with Crippen LogP contribution in [0.3, 0.4) is 0 Å². The van der Waals surface area contributed by atoms with Gasteiger partial charge in [-0.1, -0.05) is 6.92 Å². The maximum atomic E-state index is 11.8. The second-order valence-corrected chi connectivity index (χ2v) is 5.83.